The molecule has 0 aliphatic carbocycles. The van der Waals surface area contributed by atoms with Crippen molar-refractivity contribution in [3.05, 3.63) is 52.6 Å². The maximum absolute atomic E-state index is 6.00. The summed E-state index contributed by atoms with van der Waals surface area (Å²) in [6.45, 7) is 2.14. The van der Waals surface area contributed by atoms with Crippen molar-refractivity contribution in [1.29, 1.82) is 0 Å². The van der Waals surface area contributed by atoms with Crippen molar-refractivity contribution in [2.75, 3.05) is 6.16 Å². The molecule has 1 aromatic carbocycles. The van der Waals surface area contributed by atoms with Crippen molar-refractivity contribution in [1.82, 2.24) is 0 Å². The molecule has 0 nitrogen and oxygen atoms in total. The molecule has 1 aliphatic rings. The highest BCUT2D eigenvalue weighted by atomic mass is 35.5. The molecule has 0 saturated carbocycles. The first-order valence-electron chi connectivity index (χ1n) is 4.63. The molecule has 2 rings (SSSR count). The van der Waals surface area contributed by atoms with Gasteiger partial charge in [0.15, 0.2) is 0 Å². The first kappa shape index (κ1) is 9.96. The van der Waals surface area contributed by atoms with Crippen LogP contribution < -0.4 is 0 Å². The van der Waals surface area contributed by atoms with Gasteiger partial charge in [0.25, 0.3) is 0 Å². The van der Waals surface area contributed by atoms with Gasteiger partial charge in [0.2, 0.25) is 0 Å². The predicted molar refractivity (Wildman–Crippen MR) is 66.2 cm³/mol. The lowest BCUT2D eigenvalue weighted by Crippen LogP contribution is -1.90. The summed E-state index contributed by atoms with van der Waals surface area (Å²) in [5.41, 5.74) is 2.65. The smallest absolute Gasteiger partial charge is 0.0227 e. The lowest BCUT2D eigenvalue weighted by atomic mass is 10.1. The van der Waals surface area contributed by atoms with Crippen LogP contribution in [0.2, 0.25) is 0 Å². The average molecular weight is 223 g/mol. The van der Waals surface area contributed by atoms with Gasteiger partial charge in [0.1, 0.15) is 0 Å². The fourth-order valence-corrected chi connectivity index (χ4v) is 3.14. The van der Waals surface area contributed by atoms with E-state index in [4.69, 9.17) is 11.6 Å². The van der Waals surface area contributed by atoms with E-state index < -0.39 is 0 Å². The monoisotopic (exact) mass is 222 g/mol. The summed E-state index contributed by atoms with van der Waals surface area (Å²) in [6.07, 6.45) is 3.09. The Labute approximate surface area is 91.5 Å². The second kappa shape index (κ2) is 4.29. The molecule has 2 heteroatoms. The van der Waals surface area contributed by atoms with Crippen LogP contribution in [-0.2, 0) is 0 Å². The van der Waals surface area contributed by atoms with Gasteiger partial charge in [-0.1, -0.05) is 50.5 Å². The quantitative estimate of drug-likeness (QED) is 0.624. The minimum atomic E-state index is 0.810. The Morgan fingerprint density at radius 1 is 1.21 bits per heavy atom. The molecule has 0 amide bonds. The third-order valence-corrected chi connectivity index (χ3v) is 4.33. The Morgan fingerprint density at radius 2 is 1.93 bits per heavy atom. The van der Waals surface area contributed by atoms with Crippen LogP contribution in [0.1, 0.15) is 12.5 Å². The molecule has 0 bridgehead atoms. The Balaban J connectivity index is 2.41. The Bertz CT molecular complexity index is 390. The summed E-state index contributed by atoms with van der Waals surface area (Å²) in [6, 6.07) is 10.5. The largest absolute Gasteiger partial charge is 0.0888 e. The number of allylic oxidation sites excluding steroid dienone is 3. The normalized spacial score (nSPS) is 18.6. The molecule has 1 atom stereocenters. The number of halogens is 1. The molecule has 0 spiro atoms. The Hall–Kier alpha value is -0.580. The fraction of sp³-hybridized carbons (Fsp3) is 0.167. The van der Waals surface area contributed by atoms with Gasteiger partial charge >= 0.3 is 0 Å². The van der Waals surface area contributed by atoms with Crippen LogP contribution in [0.3, 0.4) is 0 Å². The van der Waals surface area contributed by atoms with Crippen molar-refractivity contribution >= 4 is 25.5 Å². The number of hydrogen-bond acceptors (Lipinski definition) is 0. The van der Waals surface area contributed by atoms with E-state index in [0.717, 1.165) is 19.8 Å². The summed E-state index contributed by atoms with van der Waals surface area (Å²) in [5, 5.41) is 2.44. The number of benzene rings is 1. The van der Waals surface area contributed by atoms with Gasteiger partial charge in [0, 0.05) is 11.2 Å². The third-order valence-electron chi connectivity index (χ3n) is 2.26. The van der Waals surface area contributed by atoms with Crippen LogP contribution in [0, 0.1) is 0 Å². The predicted octanol–water partition coefficient (Wildman–Crippen LogP) is 4.23. The molecule has 1 aliphatic heterocycles. The van der Waals surface area contributed by atoms with Crippen LogP contribution in [0.15, 0.2) is 47.0 Å². The van der Waals surface area contributed by atoms with E-state index in [1.54, 1.807) is 0 Å². The van der Waals surface area contributed by atoms with Gasteiger partial charge in [0.05, 0.1) is 0 Å². The Morgan fingerprint density at radius 3 is 2.57 bits per heavy atom. The summed E-state index contributed by atoms with van der Waals surface area (Å²) in [5.74, 6) is 0. The topological polar surface area (TPSA) is 0 Å². The van der Waals surface area contributed by atoms with Gasteiger partial charge in [-0.2, -0.15) is 0 Å². The first-order valence-corrected chi connectivity index (χ1v) is 6.22. The highest BCUT2D eigenvalue weighted by Crippen LogP contribution is 2.42. The second-order valence-electron chi connectivity index (χ2n) is 3.37. The van der Waals surface area contributed by atoms with E-state index in [1.165, 1.54) is 16.5 Å². The van der Waals surface area contributed by atoms with Gasteiger partial charge < -0.3 is 0 Å². The van der Waals surface area contributed by atoms with E-state index in [1.807, 2.05) is 6.07 Å². The molecule has 0 saturated heterocycles. The maximum Gasteiger partial charge on any atom is 0.0227 e. The number of rotatable bonds is 1. The highest BCUT2D eigenvalue weighted by Gasteiger charge is 2.10. The highest BCUT2D eigenvalue weighted by molar-refractivity contribution is 7.51. The molecular formula is C12H12ClP. The lowest BCUT2D eigenvalue weighted by molar-refractivity contribution is 1.47. The summed E-state index contributed by atoms with van der Waals surface area (Å²) >= 11 is 6.00. The van der Waals surface area contributed by atoms with E-state index in [2.05, 4.69) is 37.3 Å². The summed E-state index contributed by atoms with van der Waals surface area (Å²) in [7, 11) is 0.810. The van der Waals surface area contributed by atoms with Crippen molar-refractivity contribution < 1.29 is 0 Å². The lowest BCUT2D eigenvalue weighted by Gasteiger charge is -2.15. The van der Waals surface area contributed by atoms with E-state index in [0.29, 0.717) is 0 Å². The van der Waals surface area contributed by atoms with E-state index >= 15 is 0 Å². The van der Waals surface area contributed by atoms with Crippen LogP contribution in [0.25, 0.3) is 5.31 Å². The summed E-state index contributed by atoms with van der Waals surface area (Å²) < 4.78 is 0. The maximum atomic E-state index is 6.00. The standard InChI is InChI=1S/C12H12ClP/c1-9-7-11(13)8-14-12(9)10-5-3-2-4-6-10/h2-7,14H,8H2,1H3. The third kappa shape index (κ3) is 2.08. The summed E-state index contributed by atoms with van der Waals surface area (Å²) in [4.78, 5) is 0. The van der Waals surface area contributed by atoms with Crippen molar-refractivity contribution in [2.45, 2.75) is 6.92 Å². The molecule has 72 valence electrons. The van der Waals surface area contributed by atoms with Crippen LogP contribution in [0.4, 0.5) is 0 Å². The van der Waals surface area contributed by atoms with Crippen LogP contribution in [-0.4, -0.2) is 6.16 Å². The zero-order chi connectivity index (χ0) is 9.97. The molecule has 1 unspecified atom stereocenters. The van der Waals surface area contributed by atoms with Gasteiger partial charge in [-0.3, -0.25) is 0 Å². The number of hydrogen-bond donors (Lipinski definition) is 0. The molecule has 0 aromatic heterocycles. The SMILES string of the molecule is CC1=C(c2ccccc2)PCC(Cl)=C1. The molecule has 0 N–H and O–H groups in total. The van der Waals surface area contributed by atoms with Crippen molar-refractivity contribution in [2.24, 2.45) is 0 Å². The van der Waals surface area contributed by atoms with Gasteiger partial charge in [-0.25, -0.2) is 0 Å². The van der Waals surface area contributed by atoms with Crippen molar-refractivity contribution in [3.8, 4) is 0 Å². The van der Waals surface area contributed by atoms with Crippen molar-refractivity contribution in [3.63, 3.8) is 0 Å². The van der Waals surface area contributed by atoms with Gasteiger partial charge in [-0.05, 0) is 29.5 Å². The molecular weight excluding hydrogens is 211 g/mol. The van der Waals surface area contributed by atoms with E-state index in [-0.39, 0.29) is 0 Å². The molecule has 0 radical (unpaired) electrons. The van der Waals surface area contributed by atoms with E-state index in [9.17, 15) is 0 Å². The molecule has 1 aromatic rings. The second-order valence-corrected chi connectivity index (χ2v) is 5.06. The zero-order valence-corrected chi connectivity index (χ0v) is 9.81. The van der Waals surface area contributed by atoms with Crippen LogP contribution >= 0.6 is 20.2 Å². The minimum absolute atomic E-state index is 0.810. The Kier molecular flexibility index (Phi) is 3.05. The van der Waals surface area contributed by atoms with Gasteiger partial charge in [-0.15, -0.1) is 0 Å². The molecule has 0 fully saturated rings. The zero-order valence-electron chi connectivity index (χ0n) is 8.05. The minimum Gasteiger partial charge on any atom is -0.0888 e. The molecule has 1 heterocycles. The van der Waals surface area contributed by atoms with Crippen LogP contribution in [0.5, 0.6) is 0 Å². The molecule has 14 heavy (non-hydrogen) atoms. The first-order chi connectivity index (χ1) is 6.77. The fourth-order valence-electron chi connectivity index (χ4n) is 1.60. The average Bonchev–Trinajstić information content (AvgIpc) is 2.19.